The van der Waals surface area contributed by atoms with Crippen LogP contribution in [0.1, 0.15) is 5.56 Å². The number of H-pyrrole nitrogens is 1. The second-order valence-corrected chi connectivity index (χ2v) is 5.30. The van der Waals surface area contributed by atoms with Gasteiger partial charge in [0, 0.05) is 0 Å². The molecule has 1 aromatic heterocycles. The van der Waals surface area contributed by atoms with Crippen LogP contribution in [0.25, 0.3) is 0 Å². The first-order chi connectivity index (χ1) is 7.99. The summed E-state index contributed by atoms with van der Waals surface area (Å²) in [6.45, 7) is 1.89. The van der Waals surface area contributed by atoms with Gasteiger partial charge in [-0.25, -0.2) is 8.42 Å². The molecule has 0 aliphatic rings. The molecular weight excluding hydrogens is 240 g/mol. The summed E-state index contributed by atoms with van der Waals surface area (Å²) < 4.78 is 26.2. The van der Waals surface area contributed by atoms with Gasteiger partial charge < -0.3 is 5.73 Å². The molecule has 0 saturated carbocycles. The number of aryl methyl sites for hydroxylation is 1. The average Bonchev–Trinajstić information content (AvgIpc) is 2.64. The summed E-state index contributed by atoms with van der Waals surface area (Å²) in [6, 6.07) is 6.52. The van der Waals surface area contributed by atoms with Crippen LogP contribution in [0.15, 0.2) is 35.4 Å². The van der Waals surface area contributed by atoms with Crippen LogP contribution in [0, 0.1) is 6.92 Å². The zero-order valence-electron chi connectivity index (χ0n) is 9.14. The number of hydrogen-bond acceptors (Lipinski definition) is 4. The summed E-state index contributed by atoms with van der Waals surface area (Å²) >= 11 is 0. The Labute approximate surface area is 98.9 Å². The first-order valence-corrected chi connectivity index (χ1v) is 6.36. The molecule has 0 bridgehead atoms. The lowest BCUT2D eigenvalue weighted by Gasteiger charge is -2.06. The number of aromatic amines is 1. The van der Waals surface area contributed by atoms with E-state index in [0.29, 0.717) is 0 Å². The molecule has 2 rings (SSSR count). The van der Waals surface area contributed by atoms with Crippen molar-refractivity contribution in [2.45, 2.75) is 11.8 Å². The number of nitrogens with two attached hydrogens (primary N) is 1. The van der Waals surface area contributed by atoms with Gasteiger partial charge in [0.2, 0.25) is 0 Å². The van der Waals surface area contributed by atoms with Gasteiger partial charge in [-0.1, -0.05) is 17.7 Å². The largest absolute Gasteiger partial charge is 0.394 e. The quantitative estimate of drug-likeness (QED) is 0.761. The molecule has 4 N–H and O–H groups in total. The first kappa shape index (κ1) is 11.5. The highest BCUT2D eigenvalue weighted by Crippen LogP contribution is 2.18. The Balaban J connectivity index is 2.31. The van der Waals surface area contributed by atoms with Gasteiger partial charge in [0.25, 0.3) is 10.0 Å². The van der Waals surface area contributed by atoms with Crippen LogP contribution >= 0.6 is 0 Å². The first-order valence-electron chi connectivity index (χ1n) is 4.87. The zero-order chi connectivity index (χ0) is 12.5. The molecule has 0 aliphatic heterocycles. The number of aromatic nitrogens is 2. The Morgan fingerprint density at radius 2 is 1.94 bits per heavy atom. The second kappa shape index (κ2) is 4.10. The predicted octanol–water partition coefficient (Wildman–Crippen LogP) is 1.10. The van der Waals surface area contributed by atoms with Crippen molar-refractivity contribution in [3.05, 3.63) is 36.0 Å². The maximum atomic E-state index is 11.9. The standard InChI is InChI=1S/C10H12N4O2S/c1-7-2-4-8(5-3-7)17(15,16)14-10-9(11)6-12-13-10/h2-6H,11H2,1H3,(H2,12,13,14). The maximum absolute atomic E-state index is 11.9. The summed E-state index contributed by atoms with van der Waals surface area (Å²) in [5, 5.41) is 6.11. The van der Waals surface area contributed by atoms with Gasteiger partial charge in [0.1, 0.15) is 0 Å². The molecule has 1 heterocycles. The highest BCUT2D eigenvalue weighted by atomic mass is 32.2. The normalized spacial score (nSPS) is 11.4. The molecule has 90 valence electrons. The Hall–Kier alpha value is -2.02. The minimum atomic E-state index is -3.62. The van der Waals surface area contributed by atoms with Crippen LogP contribution in [0.2, 0.25) is 0 Å². The van der Waals surface area contributed by atoms with Crippen LogP contribution in [0.3, 0.4) is 0 Å². The summed E-state index contributed by atoms with van der Waals surface area (Å²) in [7, 11) is -3.62. The lowest BCUT2D eigenvalue weighted by Crippen LogP contribution is -2.14. The molecule has 7 heteroatoms. The summed E-state index contributed by atoms with van der Waals surface area (Å²) in [5.41, 5.74) is 6.77. The van der Waals surface area contributed by atoms with Crippen molar-refractivity contribution in [1.29, 1.82) is 0 Å². The Bertz CT molecular complexity index is 616. The smallest absolute Gasteiger partial charge is 0.263 e. The topological polar surface area (TPSA) is 101 Å². The number of rotatable bonds is 3. The highest BCUT2D eigenvalue weighted by Gasteiger charge is 2.15. The van der Waals surface area contributed by atoms with Gasteiger partial charge in [-0.05, 0) is 19.1 Å². The number of nitrogens with zero attached hydrogens (tertiary/aromatic N) is 1. The molecule has 6 nitrogen and oxygen atoms in total. The van der Waals surface area contributed by atoms with Gasteiger partial charge in [0.15, 0.2) is 5.82 Å². The van der Waals surface area contributed by atoms with Crippen LogP contribution in [-0.4, -0.2) is 18.6 Å². The van der Waals surface area contributed by atoms with Crippen molar-refractivity contribution in [3.63, 3.8) is 0 Å². The molecule has 1 aromatic carbocycles. The molecule has 0 radical (unpaired) electrons. The number of sulfonamides is 1. The molecule has 0 unspecified atom stereocenters. The number of nitrogen functional groups attached to an aromatic ring is 1. The minimum Gasteiger partial charge on any atom is -0.394 e. The van der Waals surface area contributed by atoms with Crippen molar-refractivity contribution in [2.24, 2.45) is 0 Å². The van der Waals surface area contributed by atoms with E-state index in [1.807, 2.05) is 6.92 Å². The lowest BCUT2D eigenvalue weighted by atomic mass is 10.2. The maximum Gasteiger partial charge on any atom is 0.263 e. The van der Waals surface area contributed by atoms with Gasteiger partial charge in [-0.3, -0.25) is 9.82 Å². The summed E-state index contributed by atoms with van der Waals surface area (Å²) in [5.74, 6) is 0.172. The highest BCUT2D eigenvalue weighted by molar-refractivity contribution is 7.92. The fourth-order valence-corrected chi connectivity index (χ4v) is 2.33. The van der Waals surface area contributed by atoms with Gasteiger partial charge >= 0.3 is 0 Å². The Morgan fingerprint density at radius 1 is 1.29 bits per heavy atom. The predicted molar refractivity (Wildman–Crippen MR) is 65.0 cm³/mol. The van der Waals surface area contributed by atoms with E-state index in [1.54, 1.807) is 12.1 Å². The van der Waals surface area contributed by atoms with E-state index >= 15 is 0 Å². The third kappa shape index (κ3) is 2.39. The Kier molecular flexibility index (Phi) is 2.76. The summed E-state index contributed by atoms with van der Waals surface area (Å²) in [6.07, 6.45) is 1.34. The number of nitrogens with one attached hydrogen (secondary N) is 2. The van der Waals surface area contributed by atoms with Crippen LogP contribution < -0.4 is 10.5 Å². The number of benzene rings is 1. The monoisotopic (exact) mass is 252 g/mol. The molecule has 0 saturated heterocycles. The van der Waals surface area contributed by atoms with Crippen molar-refractivity contribution in [2.75, 3.05) is 10.5 Å². The van der Waals surface area contributed by atoms with E-state index < -0.39 is 10.0 Å². The molecular formula is C10H12N4O2S. The fourth-order valence-electron chi connectivity index (χ4n) is 1.29. The molecule has 2 aromatic rings. The van der Waals surface area contributed by atoms with Gasteiger partial charge in [0.05, 0.1) is 16.8 Å². The van der Waals surface area contributed by atoms with Crippen LogP contribution in [-0.2, 0) is 10.0 Å². The molecule has 0 aliphatic carbocycles. The van der Waals surface area contributed by atoms with Crippen LogP contribution in [0.4, 0.5) is 11.5 Å². The second-order valence-electron chi connectivity index (χ2n) is 3.62. The minimum absolute atomic E-state index is 0.172. The van der Waals surface area contributed by atoms with Gasteiger partial charge in [-0.2, -0.15) is 5.10 Å². The fraction of sp³-hybridized carbons (Fsp3) is 0.100. The molecule has 0 fully saturated rings. The van der Waals surface area contributed by atoms with E-state index in [0.717, 1.165) is 5.56 Å². The van der Waals surface area contributed by atoms with Crippen molar-refractivity contribution >= 4 is 21.5 Å². The third-order valence-corrected chi connectivity index (χ3v) is 3.60. The van der Waals surface area contributed by atoms with Crippen molar-refractivity contribution in [3.8, 4) is 0 Å². The SMILES string of the molecule is Cc1ccc(S(=O)(=O)Nc2[nH]ncc2N)cc1. The van der Waals surface area contributed by atoms with Crippen molar-refractivity contribution in [1.82, 2.24) is 10.2 Å². The van der Waals surface area contributed by atoms with E-state index in [9.17, 15) is 8.42 Å². The molecule has 0 amide bonds. The van der Waals surface area contributed by atoms with Crippen molar-refractivity contribution < 1.29 is 8.42 Å². The van der Waals surface area contributed by atoms with E-state index in [2.05, 4.69) is 14.9 Å². The Morgan fingerprint density at radius 3 is 2.47 bits per heavy atom. The number of anilines is 2. The third-order valence-electron chi connectivity index (χ3n) is 2.24. The average molecular weight is 252 g/mol. The van der Waals surface area contributed by atoms with Crippen LogP contribution in [0.5, 0.6) is 0 Å². The molecule has 0 atom stereocenters. The summed E-state index contributed by atoms with van der Waals surface area (Å²) in [4.78, 5) is 0.178. The molecule has 17 heavy (non-hydrogen) atoms. The molecule has 0 spiro atoms. The van der Waals surface area contributed by atoms with E-state index in [4.69, 9.17) is 5.73 Å². The zero-order valence-corrected chi connectivity index (χ0v) is 9.95. The van der Waals surface area contributed by atoms with Gasteiger partial charge in [-0.15, -0.1) is 0 Å². The van der Waals surface area contributed by atoms with E-state index in [-0.39, 0.29) is 16.4 Å². The van der Waals surface area contributed by atoms with E-state index in [1.165, 1.54) is 18.3 Å². The number of hydrogen-bond donors (Lipinski definition) is 3. The lowest BCUT2D eigenvalue weighted by molar-refractivity contribution is 0.601.